The predicted octanol–water partition coefficient (Wildman–Crippen LogP) is 3.38. The number of nitrogens with one attached hydrogen (secondary N) is 2. The van der Waals surface area contributed by atoms with Gasteiger partial charge >= 0.3 is 5.97 Å². The maximum atomic E-state index is 11.5. The third-order valence-corrected chi connectivity index (χ3v) is 3.79. The predicted molar refractivity (Wildman–Crippen MR) is 94.0 cm³/mol. The molecule has 4 nitrogen and oxygen atoms in total. The van der Waals surface area contributed by atoms with Crippen LogP contribution in [0, 0.1) is 0 Å². The van der Waals surface area contributed by atoms with Gasteiger partial charge in [0.05, 0.1) is 0 Å². The second kappa shape index (κ2) is 7.81. The van der Waals surface area contributed by atoms with Crippen molar-refractivity contribution in [3.05, 3.63) is 71.9 Å². The minimum Gasteiger partial charge on any atom is -0.480 e. The van der Waals surface area contributed by atoms with Crippen LogP contribution in [0.4, 0.5) is 0 Å². The van der Waals surface area contributed by atoms with Gasteiger partial charge in [0.15, 0.2) is 0 Å². The minimum absolute atomic E-state index is 0. The number of H-pyrrole nitrogens is 1. The zero-order valence-corrected chi connectivity index (χ0v) is 13.3. The number of carbonyl (C=O) groups is 1. The van der Waals surface area contributed by atoms with Gasteiger partial charge in [0.1, 0.15) is 6.04 Å². The highest BCUT2D eigenvalue weighted by molar-refractivity contribution is 5.85. The van der Waals surface area contributed by atoms with E-state index in [4.69, 9.17) is 0 Å². The third kappa shape index (κ3) is 4.12. The summed E-state index contributed by atoms with van der Waals surface area (Å²) in [6, 6.07) is 17.1. The van der Waals surface area contributed by atoms with Crippen LogP contribution in [0.2, 0.25) is 0 Å². The third-order valence-electron chi connectivity index (χ3n) is 3.79. The summed E-state index contributed by atoms with van der Waals surface area (Å²) < 4.78 is 0. The number of aromatic amines is 1. The average Bonchev–Trinajstić information content (AvgIpc) is 2.95. The molecule has 2 aromatic carbocycles. The van der Waals surface area contributed by atoms with E-state index in [1.165, 1.54) is 0 Å². The number of halogens is 1. The number of fused-ring (bicyclic) bond motifs is 1. The Kier molecular flexibility index (Phi) is 5.79. The van der Waals surface area contributed by atoms with Gasteiger partial charge in [-0.05, 0) is 17.2 Å². The fourth-order valence-corrected chi connectivity index (χ4v) is 2.60. The fourth-order valence-electron chi connectivity index (χ4n) is 2.60. The molecule has 0 aliphatic carbocycles. The lowest BCUT2D eigenvalue weighted by Gasteiger charge is -2.14. The zero-order chi connectivity index (χ0) is 15.4. The number of para-hydroxylation sites is 1. The number of hydrogen-bond acceptors (Lipinski definition) is 2. The summed E-state index contributed by atoms with van der Waals surface area (Å²) in [4.78, 5) is 14.7. The molecule has 5 heteroatoms. The molecule has 1 heterocycles. The maximum absolute atomic E-state index is 11.5. The molecule has 3 N–H and O–H groups in total. The first kappa shape index (κ1) is 17.1. The minimum atomic E-state index is -0.832. The molecule has 0 saturated heterocycles. The normalized spacial score (nSPS) is 11.8. The first-order valence-corrected chi connectivity index (χ1v) is 7.29. The molecule has 0 bridgehead atoms. The van der Waals surface area contributed by atoms with E-state index in [-0.39, 0.29) is 12.4 Å². The van der Waals surface area contributed by atoms with Crippen molar-refractivity contribution in [2.24, 2.45) is 0 Å². The van der Waals surface area contributed by atoms with Crippen molar-refractivity contribution in [1.29, 1.82) is 0 Å². The van der Waals surface area contributed by atoms with Crippen LogP contribution in [0.15, 0.2) is 60.8 Å². The van der Waals surface area contributed by atoms with Crippen molar-refractivity contribution in [1.82, 2.24) is 10.3 Å². The molecule has 0 amide bonds. The largest absolute Gasteiger partial charge is 0.480 e. The Morgan fingerprint density at radius 2 is 1.78 bits per heavy atom. The zero-order valence-electron chi connectivity index (χ0n) is 12.5. The summed E-state index contributed by atoms with van der Waals surface area (Å²) in [5.74, 6) is -0.832. The second-order valence-corrected chi connectivity index (χ2v) is 5.32. The quantitative estimate of drug-likeness (QED) is 0.649. The number of carboxylic acid groups (broad SMARTS) is 1. The van der Waals surface area contributed by atoms with Gasteiger partial charge in [-0.25, -0.2) is 0 Å². The maximum Gasteiger partial charge on any atom is 0.321 e. The van der Waals surface area contributed by atoms with Gasteiger partial charge in [-0.15, -0.1) is 12.4 Å². The lowest BCUT2D eigenvalue weighted by atomic mass is 10.0. The molecule has 0 saturated carbocycles. The molecule has 0 aliphatic rings. The van der Waals surface area contributed by atoms with Crippen molar-refractivity contribution >= 4 is 29.3 Å². The highest BCUT2D eigenvalue weighted by Gasteiger charge is 2.19. The van der Waals surface area contributed by atoms with E-state index >= 15 is 0 Å². The van der Waals surface area contributed by atoms with Gasteiger partial charge < -0.3 is 15.4 Å². The van der Waals surface area contributed by atoms with E-state index in [0.29, 0.717) is 13.0 Å². The highest BCUT2D eigenvalue weighted by Crippen LogP contribution is 2.19. The van der Waals surface area contributed by atoms with Crippen molar-refractivity contribution < 1.29 is 9.90 Å². The number of rotatable bonds is 6. The molecule has 1 atom stereocenters. The summed E-state index contributed by atoms with van der Waals surface area (Å²) >= 11 is 0. The Hall–Kier alpha value is -2.30. The molecule has 0 fully saturated rings. The second-order valence-electron chi connectivity index (χ2n) is 5.32. The highest BCUT2D eigenvalue weighted by atomic mass is 35.5. The summed E-state index contributed by atoms with van der Waals surface area (Å²) in [5.41, 5.74) is 3.13. The summed E-state index contributed by atoms with van der Waals surface area (Å²) in [6.07, 6.45) is 2.34. The molecule has 3 rings (SSSR count). The van der Waals surface area contributed by atoms with Gasteiger partial charge in [-0.2, -0.15) is 0 Å². The summed E-state index contributed by atoms with van der Waals surface area (Å²) in [6.45, 7) is 0.542. The SMILES string of the molecule is Cl.O=C(O)C(Cc1c[nH]c2ccccc12)NCc1ccccc1. The molecule has 1 aromatic heterocycles. The smallest absolute Gasteiger partial charge is 0.321 e. The van der Waals surface area contributed by atoms with Crippen molar-refractivity contribution in [3.63, 3.8) is 0 Å². The van der Waals surface area contributed by atoms with Gasteiger partial charge in [-0.3, -0.25) is 4.79 Å². The van der Waals surface area contributed by atoms with Crippen LogP contribution in [0.5, 0.6) is 0 Å². The molecular formula is C18H19ClN2O2. The monoisotopic (exact) mass is 330 g/mol. The van der Waals surface area contributed by atoms with Gasteiger partial charge in [-0.1, -0.05) is 48.5 Å². The van der Waals surface area contributed by atoms with Crippen LogP contribution in [-0.4, -0.2) is 22.1 Å². The molecule has 0 aliphatic heterocycles. The van der Waals surface area contributed by atoms with E-state index in [2.05, 4.69) is 10.3 Å². The van der Waals surface area contributed by atoms with E-state index in [1.54, 1.807) is 0 Å². The Labute approximate surface area is 140 Å². The van der Waals surface area contributed by atoms with E-state index in [9.17, 15) is 9.90 Å². The number of hydrogen-bond donors (Lipinski definition) is 3. The average molecular weight is 331 g/mol. The molecule has 120 valence electrons. The molecule has 23 heavy (non-hydrogen) atoms. The van der Waals surface area contributed by atoms with Crippen molar-refractivity contribution in [2.75, 3.05) is 0 Å². The fraction of sp³-hybridized carbons (Fsp3) is 0.167. The van der Waals surface area contributed by atoms with E-state index in [1.807, 2.05) is 60.8 Å². The van der Waals surface area contributed by atoms with Crippen LogP contribution in [0.3, 0.4) is 0 Å². The lowest BCUT2D eigenvalue weighted by Crippen LogP contribution is -2.38. The molecule has 1 unspecified atom stereocenters. The number of aromatic nitrogens is 1. The summed E-state index contributed by atoms with van der Waals surface area (Å²) in [5, 5.41) is 13.7. The number of benzene rings is 2. The van der Waals surface area contributed by atoms with Crippen LogP contribution >= 0.6 is 12.4 Å². The van der Waals surface area contributed by atoms with Crippen LogP contribution in [0.25, 0.3) is 10.9 Å². The Balaban J connectivity index is 0.00000192. The van der Waals surface area contributed by atoms with Gasteiger partial charge in [0.2, 0.25) is 0 Å². The molecular weight excluding hydrogens is 312 g/mol. The number of carboxylic acids is 1. The Morgan fingerprint density at radius 1 is 1.09 bits per heavy atom. The summed E-state index contributed by atoms with van der Waals surface area (Å²) in [7, 11) is 0. The van der Waals surface area contributed by atoms with E-state index in [0.717, 1.165) is 22.0 Å². The van der Waals surface area contributed by atoms with Gasteiger partial charge in [0.25, 0.3) is 0 Å². The van der Waals surface area contributed by atoms with Crippen LogP contribution in [0.1, 0.15) is 11.1 Å². The first-order valence-electron chi connectivity index (χ1n) is 7.29. The topological polar surface area (TPSA) is 65.1 Å². The Bertz CT molecular complexity index is 771. The van der Waals surface area contributed by atoms with E-state index < -0.39 is 12.0 Å². The first-order chi connectivity index (χ1) is 10.7. The molecule has 0 radical (unpaired) electrons. The van der Waals surface area contributed by atoms with Crippen LogP contribution < -0.4 is 5.32 Å². The standard InChI is InChI=1S/C18H18N2O2.ClH/c21-18(22)17(19-11-13-6-2-1-3-7-13)10-14-12-20-16-9-5-4-8-15(14)16;/h1-9,12,17,19-20H,10-11H2,(H,21,22);1H. The number of aliphatic carboxylic acids is 1. The lowest BCUT2D eigenvalue weighted by molar-refractivity contribution is -0.139. The van der Waals surface area contributed by atoms with Crippen LogP contribution in [-0.2, 0) is 17.8 Å². The molecule has 3 aromatic rings. The molecule has 0 spiro atoms. The van der Waals surface area contributed by atoms with Gasteiger partial charge in [0, 0.05) is 30.1 Å². The Morgan fingerprint density at radius 3 is 2.52 bits per heavy atom. The van der Waals surface area contributed by atoms with Crippen molar-refractivity contribution in [2.45, 2.75) is 19.0 Å². The van der Waals surface area contributed by atoms with Crippen molar-refractivity contribution in [3.8, 4) is 0 Å².